The van der Waals surface area contributed by atoms with Crippen LogP contribution in [0.1, 0.15) is 0 Å². The maximum Gasteiger partial charge on any atom is 0.201 e. The van der Waals surface area contributed by atoms with E-state index in [4.69, 9.17) is 22.1 Å². The fourth-order valence-electron chi connectivity index (χ4n) is 1.33. The van der Waals surface area contributed by atoms with Gasteiger partial charge in [-0.05, 0) is 24.3 Å². The second kappa shape index (κ2) is 5.12. The van der Waals surface area contributed by atoms with E-state index in [9.17, 15) is 8.78 Å². The summed E-state index contributed by atoms with van der Waals surface area (Å²) in [4.78, 5) is 0. The number of nitrogen functional groups attached to an aromatic ring is 1. The van der Waals surface area contributed by atoms with Crippen LogP contribution in [0.25, 0.3) is 0 Å². The molecule has 0 unspecified atom stereocenters. The number of anilines is 1. The van der Waals surface area contributed by atoms with E-state index < -0.39 is 11.6 Å². The van der Waals surface area contributed by atoms with Gasteiger partial charge in [-0.1, -0.05) is 33.6 Å². The molecule has 0 bridgehead atoms. The van der Waals surface area contributed by atoms with Crippen molar-refractivity contribution in [2.75, 3.05) is 5.73 Å². The summed E-state index contributed by atoms with van der Waals surface area (Å²) >= 11 is 8.85. The Kier molecular flexibility index (Phi) is 3.73. The normalized spacial score (nSPS) is 10.4. The predicted octanol–water partition coefficient (Wildman–Crippen LogP) is 4.76. The SMILES string of the molecule is Nc1c(Cl)cccc1Oc1cc(Br)cc(F)c1F. The van der Waals surface area contributed by atoms with Crippen LogP contribution in [-0.4, -0.2) is 0 Å². The lowest BCUT2D eigenvalue weighted by Crippen LogP contribution is -1.96. The lowest BCUT2D eigenvalue weighted by Gasteiger charge is -2.10. The zero-order valence-corrected chi connectivity index (χ0v) is 11.2. The fraction of sp³-hybridized carbons (Fsp3) is 0. The first-order valence-corrected chi connectivity index (χ1v) is 6.02. The maximum atomic E-state index is 13.5. The third-order valence-corrected chi connectivity index (χ3v) is 2.98. The molecule has 0 saturated carbocycles. The van der Waals surface area contributed by atoms with Gasteiger partial charge in [0.2, 0.25) is 5.82 Å². The van der Waals surface area contributed by atoms with Crippen molar-refractivity contribution < 1.29 is 13.5 Å². The molecule has 0 amide bonds. The Morgan fingerprint density at radius 3 is 2.61 bits per heavy atom. The standard InChI is InChI=1S/C12H7BrClF2NO/c13-6-4-8(15)11(16)10(5-6)18-9-3-1-2-7(14)12(9)17/h1-5H,17H2. The third kappa shape index (κ3) is 2.57. The number of hydrogen-bond acceptors (Lipinski definition) is 2. The van der Waals surface area contributed by atoms with Crippen LogP contribution in [0.3, 0.4) is 0 Å². The van der Waals surface area contributed by atoms with Crippen LogP contribution in [0.15, 0.2) is 34.8 Å². The molecule has 0 aliphatic carbocycles. The molecule has 0 aromatic heterocycles. The van der Waals surface area contributed by atoms with Crippen molar-refractivity contribution in [3.05, 3.63) is 51.5 Å². The molecule has 0 aliphatic rings. The van der Waals surface area contributed by atoms with Crippen molar-refractivity contribution in [3.63, 3.8) is 0 Å². The summed E-state index contributed by atoms with van der Waals surface area (Å²) in [6.45, 7) is 0. The molecular formula is C12H7BrClF2NO. The second-order valence-corrected chi connectivity index (χ2v) is 4.78. The molecule has 94 valence electrons. The van der Waals surface area contributed by atoms with Crippen LogP contribution in [0.2, 0.25) is 5.02 Å². The van der Waals surface area contributed by atoms with Gasteiger partial charge in [0.15, 0.2) is 17.3 Å². The minimum Gasteiger partial charge on any atom is -0.452 e. The number of para-hydroxylation sites is 1. The highest BCUT2D eigenvalue weighted by Crippen LogP contribution is 2.35. The first-order chi connectivity index (χ1) is 8.49. The molecule has 2 rings (SSSR count). The van der Waals surface area contributed by atoms with Crippen molar-refractivity contribution >= 4 is 33.2 Å². The minimum absolute atomic E-state index is 0.166. The molecule has 2 aromatic rings. The highest BCUT2D eigenvalue weighted by atomic mass is 79.9. The zero-order chi connectivity index (χ0) is 13.3. The quantitative estimate of drug-likeness (QED) is 0.635. The average molecular weight is 335 g/mol. The number of benzene rings is 2. The van der Waals surface area contributed by atoms with E-state index in [0.29, 0.717) is 4.47 Å². The van der Waals surface area contributed by atoms with Gasteiger partial charge in [0, 0.05) is 4.47 Å². The summed E-state index contributed by atoms with van der Waals surface area (Å²) in [7, 11) is 0. The number of nitrogens with two attached hydrogens (primary N) is 1. The van der Waals surface area contributed by atoms with Gasteiger partial charge in [0.05, 0.1) is 10.7 Å². The van der Waals surface area contributed by atoms with Crippen LogP contribution in [0.5, 0.6) is 11.5 Å². The van der Waals surface area contributed by atoms with Crippen LogP contribution in [-0.2, 0) is 0 Å². The number of hydrogen-bond donors (Lipinski definition) is 1. The molecule has 2 aromatic carbocycles. The van der Waals surface area contributed by atoms with Crippen molar-refractivity contribution in [2.24, 2.45) is 0 Å². The Morgan fingerprint density at radius 2 is 1.89 bits per heavy atom. The maximum absolute atomic E-state index is 13.5. The highest BCUT2D eigenvalue weighted by molar-refractivity contribution is 9.10. The molecule has 0 spiro atoms. The van der Waals surface area contributed by atoms with Gasteiger partial charge in [-0.25, -0.2) is 4.39 Å². The Morgan fingerprint density at radius 1 is 1.17 bits per heavy atom. The van der Waals surface area contributed by atoms with Crippen molar-refractivity contribution in [1.29, 1.82) is 0 Å². The van der Waals surface area contributed by atoms with Crippen LogP contribution in [0.4, 0.5) is 14.5 Å². The monoisotopic (exact) mass is 333 g/mol. The largest absolute Gasteiger partial charge is 0.452 e. The fourth-order valence-corrected chi connectivity index (χ4v) is 1.91. The van der Waals surface area contributed by atoms with E-state index in [1.807, 2.05) is 0 Å². The van der Waals surface area contributed by atoms with E-state index in [2.05, 4.69) is 15.9 Å². The average Bonchev–Trinajstić information content (AvgIpc) is 2.31. The van der Waals surface area contributed by atoms with Crippen LogP contribution < -0.4 is 10.5 Å². The van der Waals surface area contributed by atoms with Crippen molar-refractivity contribution in [2.45, 2.75) is 0 Å². The number of rotatable bonds is 2. The predicted molar refractivity (Wildman–Crippen MR) is 70.0 cm³/mol. The third-order valence-electron chi connectivity index (χ3n) is 2.19. The molecule has 2 nitrogen and oxygen atoms in total. The summed E-state index contributed by atoms with van der Waals surface area (Å²) in [6.07, 6.45) is 0. The molecule has 0 atom stereocenters. The minimum atomic E-state index is -1.09. The summed E-state index contributed by atoms with van der Waals surface area (Å²) < 4.78 is 32.3. The Labute approximate surface area is 115 Å². The first kappa shape index (κ1) is 13.1. The summed E-state index contributed by atoms with van der Waals surface area (Å²) in [5.41, 5.74) is 5.84. The van der Waals surface area contributed by atoms with Gasteiger partial charge in [-0.3, -0.25) is 0 Å². The molecule has 0 radical (unpaired) electrons. The smallest absolute Gasteiger partial charge is 0.201 e. The van der Waals surface area contributed by atoms with Crippen LogP contribution >= 0.6 is 27.5 Å². The van der Waals surface area contributed by atoms with Gasteiger partial charge >= 0.3 is 0 Å². The summed E-state index contributed by atoms with van der Waals surface area (Å²) in [5.74, 6) is -2.20. The Hall–Kier alpha value is -1.33. The summed E-state index contributed by atoms with van der Waals surface area (Å²) in [5, 5.41) is 0.281. The van der Waals surface area contributed by atoms with E-state index in [0.717, 1.165) is 6.07 Å². The van der Waals surface area contributed by atoms with E-state index in [1.54, 1.807) is 12.1 Å². The summed E-state index contributed by atoms with van der Waals surface area (Å²) in [6, 6.07) is 6.99. The van der Waals surface area contributed by atoms with E-state index >= 15 is 0 Å². The van der Waals surface area contributed by atoms with E-state index in [-0.39, 0.29) is 22.2 Å². The van der Waals surface area contributed by atoms with Gasteiger partial charge in [-0.2, -0.15) is 4.39 Å². The molecule has 0 aliphatic heterocycles. The molecule has 0 saturated heterocycles. The Bertz CT molecular complexity index is 607. The number of ether oxygens (including phenoxy) is 1. The molecule has 2 N–H and O–H groups in total. The molecule has 18 heavy (non-hydrogen) atoms. The molecular weight excluding hydrogens is 327 g/mol. The van der Waals surface area contributed by atoms with E-state index in [1.165, 1.54) is 12.1 Å². The molecule has 6 heteroatoms. The van der Waals surface area contributed by atoms with Crippen molar-refractivity contribution in [3.8, 4) is 11.5 Å². The van der Waals surface area contributed by atoms with Crippen molar-refractivity contribution in [1.82, 2.24) is 0 Å². The molecule has 0 heterocycles. The number of halogens is 4. The van der Waals surface area contributed by atoms with Gasteiger partial charge < -0.3 is 10.5 Å². The molecule has 0 fully saturated rings. The zero-order valence-electron chi connectivity index (χ0n) is 8.88. The first-order valence-electron chi connectivity index (χ1n) is 4.85. The second-order valence-electron chi connectivity index (χ2n) is 3.45. The lowest BCUT2D eigenvalue weighted by molar-refractivity contribution is 0.416. The highest BCUT2D eigenvalue weighted by Gasteiger charge is 2.14. The Balaban J connectivity index is 2.43. The lowest BCUT2D eigenvalue weighted by atomic mass is 10.3. The van der Waals surface area contributed by atoms with Crippen LogP contribution in [0, 0.1) is 11.6 Å². The topological polar surface area (TPSA) is 35.2 Å². The van der Waals surface area contributed by atoms with Gasteiger partial charge in [0.1, 0.15) is 0 Å². The van der Waals surface area contributed by atoms with Gasteiger partial charge in [0.25, 0.3) is 0 Å². The van der Waals surface area contributed by atoms with Gasteiger partial charge in [-0.15, -0.1) is 0 Å².